The first-order valence-corrected chi connectivity index (χ1v) is 6.11. The van der Waals surface area contributed by atoms with E-state index in [1.807, 2.05) is 41.5 Å². The van der Waals surface area contributed by atoms with Crippen LogP contribution in [-0.4, -0.2) is 36.9 Å². The summed E-state index contributed by atoms with van der Waals surface area (Å²) < 4.78 is 10.5. The van der Waals surface area contributed by atoms with Crippen LogP contribution in [0.25, 0.3) is 0 Å². The normalized spacial score (nSPS) is 15.8. The van der Waals surface area contributed by atoms with Crippen molar-refractivity contribution in [3.05, 3.63) is 0 Å². The molecule has 0 amide bonds. The number of carbonyl (C=O) groups excluding carboxylic acids is 1. The highest BCUT2D eigenvalue weighted by molar-refractivity contribution is 5.80. The van der Waals surface area contributed by atoms with Gasteiger partial charge in [-0.05, 0) is 48.0 Å². The van der Waals surface area contributed by atoms with Gasteiger partial charge in [0, 0.05) is 12.6 Å². The number of ether oxygens (including phenoxy) is 2. The predicted molar refractivity (Wildman–Crippen MR) is 69.0 cm³/mol. The lowest BCUT2D eigenvalue weighted by Crippen LogP contribution is -2.53. The largest absolute Gasteiger partial charge is 0.468 e. The summed E-state index contributed by atoms with van der Waals surface area (Å²) >= 11 is 0. The van der Waals surface area contributed by atoms with E-state index in [1.165, 1.54) is 7.11 Å². The van der Waals surface area contributed by atoms with Crippen LogP contribution in [0.5, 0.6) is 0 Å². The monoisotopic (exact) mass is 245 g/mol. The van der Waals surface area contributed by atoms with Crippen molar-refractivity contribution in [2.45, 2.75) is 65.1 Å². The molecule has 102 valence electrons. The molecule has 0 rings (SSSR count). The van der Waals surface area contributed by atoms with Crippen LogP contribution in [0.15, 0.2) is 0 Å². The topological polar surface area (TPSA) is 47.6 Å². The molecule has 4 heteroatoms. The minimum absolute atomic E-state index is 0.186. The van der Waals surface area contributed by atoms with Crippen LogP contribution in [0, 0.1) is 0 Å². The zero-order chi connectivity index (χ0) is 13.7. The average molecular weight is 245 g/mol. The SMILES string of the molecule is COC(=O)C(C)(CCOC(C)(C)C)NC(C)C. The molecule has 4 nitrogen and oxygen atoms in total. The Bertz CT molecular complexity index is 246. The molecular formula is C13H27NO3. The highest BCUT2D eigenvalue weighted by Crippen LogP contribution is 2.16. The molecule has 0 aliphatic carbocycles. The van der Waals surface area contributed by atoms with E-state index in [-0.39, 0.29) is 17.6 Å². The van der Waals surface area contributed by atoms with Crippen LogP contribution < -0.4 is 5.32 Å². The summed E-state index contributed by atoms with van der Waals surface area (Å²) in [6.07, 6.45) is 0.592. The van der Waals surface area contributed by atoms with E-state index in [2.05, 4.69) is 5.32 Å². The summed E-state index contributed by atoms with van der Waals surface area (Å²) in [5, 5.41) is 3.24. The van der Waals surface area contributed by atoms with Crippen molar-refractivity contribution in [2.75, 3.05) is 13.7 Å². The van der Waals surface area contributed by atoms with E-state index in [9.17, 15) is 4.79 Å². The van der Waals surface area contributed by atoms with Crippen LogP contribution in [0.3, 0.4) is 0 Å². The zero-order valence-electron chi connectivity index (χ0n) is 12.2. The minimum atomic E-state index is -0.686. The third-order valence-electron chi connectivity index (χ3n) is 2.38. The maximum Gasteiger partial charge on any atom is 0.325 e. The first-order valence-electron chi connectivity index (χ1n) is 6.11. The Balaban J connectivity index is 4.45. The summed E-state index contributed by atoms with van der Waals surface area (Å²) in [5.74, 6) is -0.247. The summed E-state index contributed by atoms with van der Waals surface area (Å²) in [6.45, 7) is 12.4. The quantitative estimate of drug-likeness (QED) is 0.728. The lowest BCUT2D eigenvalue weighted by Gasteiger charge is -2.31. The van der Waals surface area contributed by atoms with Crippen LogP contribution >= 0.6 is 0 Å². The summed E-state index contributed by atoms with van der Waals surface area (Å²) in [7, 11) is 1.41. The Morgan fingerprint density at radius 2 is 1.76 bits per heavy atom. The molecule has 17 heavy (non-hydrogen) atoms. The fourth-order valence-corrected chi connectivity index (χ4v) is 1.66. The van der Waals surface area contributed by atoms with Gasteiger partial charge >= 0.3 is 5.97 Å². The summed E-state index contributed by atoms with van der Waals surface area (Å²) in [5.41, 5.74) is -0.872. The number of methoxy groups -OCH3 is 1. The average Bonchev–Trinajstić information content (AvgIpc) is 2.13. The van der Waals surface area contributed by atoms with E-state index in [0.29, 0.717) is 13.0 Å². The molecule has 0 aliphatic rings. The Hall–Kier alpha value is -0.610. The van der Waals surface area contributed by atoms with Crippen molar-refractivity contribution < 1.29 is 14.3 Å². The number of nitrogens with one attached hydrogen (secondary N) is 1. The molecule has 0 bridgehead atoms. The fraction of sp³-hybridized carbons (Fsp3) is 0.923. The van der Waals surface area contributed by atoms with Crippen LogP contribution in [0.4, 0.5) is 0 Å². The van der Waals surface area contributed by atoms with Crippen molar-refractivity contribution in [1.29, 1.82) is 0 Å². The van der Waals surface area contributed by atoms with Gasteiger partial charge in [0.05, 0.1) is 12.7 Å². The first-order chi connectivity index (χ1) is 7.60. The maximum atomic E-state index is 11.8. The molecule has 0 aromatic heterocycles. The smallest absolute Gasteiger partial charge is 0.325 e. The Labute approximate surface area is 105 Å². The first kappa shape index (κ1) is 16.4. The van der Waals surface area contributed by atoms with Crippen LogP contribution in [0.2, 0.25) is 0 Å². The number of hydrogen-bond donors (Lipinski definition) is 1. The zero-order valence-corrected chi connectivity index (χ0v) is 12.2. The highest BCUT2D eigenvalue weighted by atomic mass is 16.5. The molecule has 1 unspecified atom stereocenters. The molecule has 1 N–H and O–H groups in total. The number of esters is 1. The lowest BCUT2D eigenvalue weighted by molar-refractivity contribution is -0.149. The van der Waals surface area contributed by atoms with Crippen molar-refractivity contribution >= 4 is 5.97 Å². The lowest BCUT2D eigenvalue weighted by atomic mass is 9.97. The van der Waals surface area contributed by atoms with Crippen LogP contribution in [0.1, 0.15) is 48.0 Å². The summed E-state index contributed by atoms with van der Waals surface area (Å²) in [4.78, 5) is 11.8. The number of hydrogen-bond acceptors (Lipinski definition) is 4. The number of carbonyl (C=O) groups is 1. The molecule has 1 atom stereocenters. The molecule has 0 radical (unpaired) electrons. The van der Waals surface area contributed by atoms with Gasteiger partial charge in [0.1, 0.15) is 5.54 Å². The molecule has 0 heterocycles. The van der Waals surface area contributed by atoms with Gasteiger partial charge in [-0.1, -0.05) is 0 Å². The molecule has 0 aromatic carbocycles. The Kier molecular flexibility index (Phi) is 6.13. The molecule has 0 aromatic rings. The van der Waals surface area contributed by atoms with Gasteiger partial charge in [-0.15, -0.1) is 0 Å². The van der Waals surface area contributed by atoms with Crippen LogP contribution in [-0.2, 0) is 14.3 Å². The van der Waals surface area contributed by atoms with Gasteiger partial charge < -0.3 is 9.47 Å². The van der Waals surface area contributed by atoms with Gasteiger partial charge in [-0.25, -0.2) is 0 Å². The third kappa shape index (κ3) is 6.64. The third-order valence-corrected chi connectivity index (χ3v) is 2.38. The maximum absolute atomic E-state index is 11.8. The van der Waals surface area contributed by atoms with Gasteiger partial charge in [0.15, 0.2) is 0 Å². The van der Waals surface area contributed by atoms with Crippen molar-refractivity contribution in [2.24, 2.45) is 0 Å². The Morgan fingerprint density at radius 1 is 1.24 bits per heavy atom. The molecule has 0 aliphatic heterocycles. The Morgan fingerprint density at radius 3 is 2.12 bits per heavy atom. The molecule has 0 spiro atoms. The second-order valence-electron chi connectivity index (χ2n) is 5.83. The standard InChI is InChI=1S/C13H27NO3/c1-10(2)14-13(6,11(15)16-7)8-9-17-12(3,4)5/h10,14H,8-9H2,1-7H3. The van der Waals surface area contributed by atoms with Gasteiger partial charge in [0.2, 0.25) is 0 Å². The van der Waals surface area contributed by atoms with Gasteiger partial charge in [0.25, 0.3) is 0 Å². The minimum Gasteiger partial charge on any atom is -0.468 e. The summed E-state index contributed by atoms with van der Waals surface area (Å²) in [6, 6.07) is 0.216. The number of rotatable bonds is 6. The van der Waals surface area contributed by atoms with E-state index in [4.69, 9.17) is 9.47 Å². The fourth-order valence-electron chi connectivity index (χ4n) is 1.66. The van der Waals surface area contributed by atoms with Crippen molar-refractivity contribution in [3.8, 4) is 0 Å². The van der Waals surface area contributed by atoms with Gasteiger partial charge in [-0.3, -0.25) is 10.1 Å². The van der Waals surface area contributed by atoms with Crippen molar-refractivity contribution in [3.63, 3.8) is 0 Å². The van der Waals surface area contributed by atoms with E-state index in [1.54, 1.807) is 0 Å². The highest BCUT2D eigenvalue weighted by Gasteiger charge is 2.34. The molecule has 0 fully saturated rings. The predicted octanol–water partition coefficient (Wildman–Crippen LogP) is 2.12. The van der Waals surface area contributed by atoms with E-state index >= 15 is 0 Å². The van der Waals surface area contributed by atoms with Crippen molar-refractivity contribution in [1.82, 2.24) is 5.32 Å². The molecule has 0 saturated carbocycles. The van der Waals surface area contributed by atoms with E-state index < -0.39 is 5.54 Å². The second-order valence-corrected chi connectivity index (χ2v) is 5.83. The molecule has 0 saturated heterocycles. The second kappa shape index (κ2) is 6.36. The van der Waals surface area contributed by atoms with Gasteiger partial charge in [-0.2, -0.15) is 0 Å². The molecular weight excluding hydrogens is 218 g/mol. The van der Waals surface area contributed by atoms with E-state index in [0.717, 1.165) is 0 Å².